The highest BCUT2D eigenvalue weighted by atomic mass is 16.3. The van der Waals surface area contributed by atoms with Crippen LogP contribution in [-0.2, 0) is 4.79 Å². The molecular weight excluding hydrogens is 256 g/mol. The first-order valence-electron chi connectivity index (χ1n) is 6.94. The Hall–Kier alpha value is -1.66. The van der Waals surface area contributed by atoms with Crippen molar-refractivity contribution in [1.29, 1.82) is 0 Å². The fourth-order valence-corrected chi connectivity index (χ4v) is 2.26. The van der Waals surface area contributed by atoms with E-state index in [1.54, 1.807) is 18.1 Å². The molecule has 0 spiro atoms. The van der Waals surface area contributed by atoms with Crippen LogP contribution >= 0.6 is 0 Å². The zero-order chi connectivity index (χ0) is 14.4. The Morgan fingerprint density at radius 2 is 2.10 bits per heavy atom. The van der Waals surface area contributed by atoms with Gasteiger partial charge >= 0.3 is 0 Å². The van der Waals surface area contributed by atoms with Crippen LogP contribution < -0.4 is 4.90 Å². The highest BCUT2D eigenvalue weighted by molar-refractivity contribution is 5.78. The Bertz CT molecular complexity index is 418. The number of hydrogen-bond donors (Lipinski definition) is 1. The summed E-state index contributed by atoms with van der Waals surface area (Å²) in [5, 5.41) is 8.83. The Morgan fingerprint density at radius 1 is 1.35 bits per heavy atom. The third-order valence-electron chi connectivity index (χ3n) is 3.57. The Labute approximate surface area is 119 Å². The predicted molar refractivity (Wildman–Crippen MR) is 77.6 cm³/mol. The number of rotatable bonds is 5. The molecule has 110 valence electrons. The summed E-state index contributed by atoms with van der Waals surface area (Å²) in [4.78, 5) is 22.2. The number of pyridine rings is 1. The van der Waals surface area contributed by atoms with Crippen LogP contribution in [0, 0.1) is 0 Å². The van der Waals surface area contributed by atoms with Crippen molar-refractivity contribution in [3.63, 3.8) is 0 Å². The van der Waals surface area contributed by atoms with Crippen molar-refractivity contribution in [2.75, 3.05) is 57.8 Å². The molecule has 2 heterocycles. The molecule has 6 nitrogen and oxygen atoms in total. The molecule has 1 saturated heterocycles. The van der Waals surface area contributed by atoms with Crippen LogP contribution in [0.5, 0.6) is 0 Å². The molecule has 0 aromatic carbocycles. The van der Waals surface area contributed by atoms with Gasteiger partial charge in [0.25, 0.3) is 0 Å². The highest BCUT2D eigenvalue weighted by Gasteiger charge is 2.20. The number of aromatic nitrogens is 1. The fraction of sp³-hybridized carbons (Fsp3) is 0.571. The van der Waals surface area contributed by atoms with Crippen molar-refractivity contribution in [1.82, 2.24) is 14.8 Å². The molecule has 0 radical (unpaired) electrons. The van der Waals surface area contributed by atoms with E-state index in [0.717, 1.165) is 32.0 Å². The summed E-state index contributed by atoms with van der Waals surface area (Å²) >= 11 is 0. The molecule has 1 amide bonds. The van der Waals surface area contributed by atoms with Crippen molar-refractivity contribution < 1.29 is 9.90 Å². The van der Waals surface area contributed by atoms with E-state index in [1.807, 2.05) is 18.2 Å². The third kappa shape index (κ3) is 3.91. The van der Waals surface area contributed by atoms with Gasteiger partial charge in [-0.3, -0.25) is 9.69 Å². The number of amides is 1. The molecule has 0 atom stereocenters. The molecule has 20 heavy (non-hydrogen) atoms. The lowest BCUT2D eigenvalue weighted by molar-refractivity contribution is -0.131. The van der Waals surface area contributed by atoms with Crippen LogP contribution in [-0.4, -0.2) is 78.7 Å². The van der Waals surface area contributed by atoms with Crippen LogP contribution in [0.1, 0.15) is 0 Å². The van der Waals surface area contributed by atoms with Gasteiger partial charge in [0.05, 0.1) is 13.2 Å². The van der Waals surface area contributed by atoms with E-state index in [1.165, 1.54) is 0 Å². The van der Waals surface area contributed by atoms with Crippen LogP contribution in [0.4, 0.5) is 5.82 Å². The first-order chi connectivity index (χ1) is 9.70. The zero-order valence-electron chi connectivity index (χ0n) is 11.9. The molecule has 1 aromatic rings. The molecule has 0 aliphatic carbocycles. The lowest BCUT2D eigenvalue weighted by Gasteiger charge is -2.35. The van der Waals surface area contributed by atoms with Crippen molar-refractivity contribution in [3.8, 4) is 0 Å². The molecule has 1 N–H and O–H groups in total. The molecule has 1 aliphatic rings. The van der Waals surface area contributed by atoms with Gasteiger partial charge in [0.1, 0.15) is 5.82 Å². The van der Waals surface area contributed by atoms with Crippen LogP contribution in [0.3, 0.4) is 0 Å². The molecule has 0 saturated carbocycles. The number of aliphatic hydroxyl groups is 1. The maximum atomic E-state index is 11.9. The smallest absolute Gasteiger partial charge is 0.236 e. The van der Waals surface area contributed by atoms with Crippen LogP contribution in [0.2, 0.25) is 0 Å². The van der Waals surface area contributed by atoms with E-state index >= 15 is 0 Å². The number of carbonyl (C=O) groups is 1. The summed E-state index contributed by atoms with van der Waals surface area (Å²) in [6.45, 7) is 4.31. The summed E-state index contributed by atoms with van der Waals surface area (Å²) in [7, 11) is 1.72. The first kappa shape index (κ1) is 14.7. The van der Waals surface area contributed by atoms with E-state index in [0.29, 0.717) is 13.1 Å². The molecule has 0 bridgehead atoms. The summed E-state index contributed by atoms with van der Waals surface area (Å²) in [6.07, 6.45) is 1.80. The van der Waals surface area contributed by atoms with E-state index in [4.69, 9.17) is 5.11 Å². The Morgan fingerprint density at radius 3 is 2.70 bits per heavy atom. The molecule has 6 heteroatoms. The topological polar surface area (TPSA) is 59.9 Å². The molecule has 1 fully saturated rings. The van der Waals surface area contributed by atoms with Gasteiger partial charge in [0, 0.05) is 46.0 Å². The third-order valence-corrected chi connectivity index (χ3v) is 3.57. The van der Waals surface area contributed by atoms with E-state index in [9.17, 15) is 4.79 Å². The van der Waals surface area contributed by atoms with Crippen molar-refractivity contribution in [2.45, 2.75) is 0 Å². The van der Waals surface area contributed by atoms with Crippen molar-refractivity contribution in [3.05, 3.63) is 24.4 Å². The number of piperazine rings is 1. The quantitative estimate of drug-likeness (QED) is 0.798. The SMILES string of the molecule is CN(CCO)C(=O)CN1CCN(c2ccccn2)CC1. The second kappa shape index (κ2) is 7.21. The van der Waals surface area contributed by atoms with Gasteiger partial charge in [-0.05, 0) is 12.1 Å². The van der Waals surface area contributed by atoms with Gasteiger partial charge in [0.2, 0.25) is 5.91 Å². The molecule has 1 aromatic heterocycles. The molecular formula is C14H22N4O2. The maximum absolute atomic E-state index is 11.9. The molecule has 0 unspecified atom stereocenters. The fourth-order valence-electron chi connectivity index (χ4n) is 2.26. The summed E-state index contributed by atoms with van der Waals surface area (Å²) in [5.74, 6) is 1.06. The summed E-state index contributed by atoms with van der Waals surface area (Å²) in [6, 6.07) is 5.91. The molecule has 2 rings (SSSR count). The van der Waals surface area contributed by atoms with Gasteiger partial charge in [-0.25, -0.2) is 4.98 Å². The average Bonchev–Trinajstić information content (AvgIpc) is 2.49. The lowest BCUT2D eigenvalue weighted by Crippen LogP contribution is -2.50. The standard InChI is InChI=1S/C14H22N4O2/c1-16(10-11-19)14(20)12-17-6-8-18(9-7-17)13-4-2-3-5-15-13/h2-5,19H,6-12H2,1H3. The average molecular weight is 278 g/mol. The van der Waals surface area contributed by atoms with Gasteiger partial charge in [-0.1, -0.05) is 6.07 Å². The zero-order valence-corrected chi connectivity index (χ0v) is 11.9. The summed E-state index contributed by atoms with van der Waals surface area (Å²) in [5.41, 5.74) is 0. The van der Waals surface area contributed by atoms with Gasteiger partial charge in [-0.2, -0.15) is 0 Å². The van der Waals surface area contributed by atoms with Crippen LogP contribution in [0.25, 0.3) is 0 Å². The minimum Gasteiger partial charge on any atom is -0.395 e. The highest BCUT2D eigenvalue weighted by Crippen LogP contribution is 2.12. The minimum atomic E-state index is 0.00962. The maximum Gasteiger partial charge on any atom is 0.236 e. The van der Waals surface area contributed by atoms with E-state index in [2.05, 4.69) is 14.8 Å². The molecule has 1 aliphatic heterocycles. The van der Waals surface area contributed by atoms with Gasteiger partial charge in [0.15, 0.2) is 0 Å². The largest absolute Gasteiger partial charge is 0.395 e. The number of anilines is 1. The normalized spacial score (nSPS) is 16.2. The second-order valence-corrected chi connectivity index (χ2v) is 4.99. The second-order valence-electron chi connectivity index (χ2n) is 4.99. The summed E-state index contributed by atoms with van der Waals surface area (Å²) < 4.78 is 0. The first-order valence-corrected chi connectivity index (χ1v) is 6.94. The Balaban J connectivity index is 1.78. The van der Waals surface area contributed by atoms with E-state index in [-0.39, 0.29) is 12.5 Å². The number of carbonyl (C=O) groups excluding carboxylic acids is 1. The number of hydrogen-bond acceptors (Lipinski definition) is 5. The van der Waals surface area contributed by atoms with Crippen LogP contribution in [0.15, 0.2) is 24.4 Å². The van der Waals surface area contributed by atoms with Gasteiger partial charge in [-0.15, -0.1) is 0 Å². The Kier molecular flexibility index (Phi) is 5.31. The van der Waals surface area contributed by atoms with Gasteiger partial charge < -0.3 is 14.9 Å². The van der Waals surface area contributed by atoms with Crippen molar-refractivity contribution in [2.24, 2.45) is 0 Å². The predicted octanol–water partition coefficient (Wildman–Crippen LogP) is -0.346. The van der Waals surface area contributed by atoms with E-state index < -0.39 is 0 Å². The number of nitrogens with zero attached hydrogens (tertiary/aromatic N) is 4. The lowest BCUT2D eigenvalue weighted by atomic mass is 10.3. The minimum absolute atomic E-state index is 0.00962. The monoisotopic (exact) mass is 278 g/mol. The number of likely N-dealkylation sites (N-methyl/N-ethyl adjacent to an activating group) is 1. The van der Waals surface area contributed by atoms with Crippen molar-refractivity contribution >= 4 is 11.7 Å². The number of aliphatic hydroxyl groups excluding tert-OH is 1.